The third-order valence-electron chi connectivity index (χ3n) is 4.94. The molecule has 0 spiro atoms. The number of ether oxygens (including phenoxy) is 2. The molecule has 1 unspecified atom stereocenters. The zero-order valence-electron chi connectivity index (χ0n) is 14.3. The molecule has 24 heavy (non-hydrogen) atoms. The van der Waals surface area contributed by atoms with Gasteiger partial charge in [0.1, 0.15) is 11.6 Å². The van der Waals surface area contributed by atoms with Crippen LogP contribution in [-0.4, -0.2) is 30.7 Å². The summed E-state index contributed by atoms with van der Waals surface area (Å²) in [4.78, 5) is 9.56. The van der Waals surface area contributed by atoms with E-state index in [1.165, 1.54) is 23.2 Å². The molecule has 0 amide bonds. The molecule has 5 nitrogen and oxygen atoms in total. The van der Waals surface area contributed by atoms with Crippen molar-refractivity contribution in [2.75, 3.05) is 26.1 Å². The van der Waals surface area contributed by atoms with E-state index in [0.29, 0.717) is 12.5 Å². The van der Waals surface area contributed by atoms with Crippen molar-refractivity contribution in [2.45, 2.75) is 32.1 Å². The van der Waals surface area contributed by atoms with Gasteiger partial charge in [-0.25, -0.2) is 9.97 Å². The highest BCUT2D eigenvalue weighted by Gasteiger charge is 2.25. The van der Waals surface area contributed by atoms with Crippen molar-refractivity contribution in [3.05, 3.63) is 40.8 Å². The van der Waals surface area contributed by atoms with Gasteiger partial charge >= 0.3 is 0 Å². The Bertz CT molecular complexity index is 761. The predicted molar refractivity (Wildman–Crippen MR) is 93.0 cm³/mol. The van der Waals surface area contributed by atoms with Crippen LogP contribution in [0.4, 0.5) is 5.82 Å². The average Bonchev–Trinajstić information content (AvgIpc) is 3.08. The van der Waals surface area contributed by atoms with Gasteiger partial charge in [0.2, 0.25) is 0 Å². The van der Waals surface area contributed by atoms with E-state index in [-0.39, 0.29) is 0 Å². The number of rotatable bonds is 4. The molecule has 1 aromatic heterocycles. The molecule has 4 rings (SSSR count). The molecular weight excluding hydrogens is 302 g/mol. The summed E-state index contributed by atoms with van der Waals surface area (Å²) in [6.07, 6.45) is 5.16. The number of aromatic nitrogens is 2. The lowest BCUT2D eigenvalue weighted by Crippen LogP contribution is -2.24. The first kappa shape index (κ1) is 15.2. The number of para-hydroxylation sites is 1. The second kappa shape index (κ2) is 6.30. The summed E-state index contributed by atoms with van der Waals surface area (Å²) in [6.45, 7) is 0.683. The summed E-state index contributed by atoms with van der Waals surface area (Å²) in [7, 11) is 3.62. The molecule has 1 aromatic carbocycles. The Labute approximate surface area is 142 Å². The fraction of sp³-hybridized carbons (Fsp3) is 0.474. The van der Waals surface area contributed by atoms with E-state index in [1.807, 2.05) is 19.2 Å². The lowest BCUT2D eigenvalue weighted by atomic mass is 9.93. The molecule has 1 atom stereocenters. The van der Waals surface area contributed by atoms with Crippen LogP contribution in [0.3, 0.4) is 0 Å². The van der Waals surface area contributed by atoms with Crippen LogP contribution in [0.1, 0.15) is 29.1 Å². The van der Waals surface area contributed by atoms with Gasteiger partial charge in [-0.15, -0.1) is 0 Å². The Morgan fingerprint density at radius 2 is 2.21 bits per heavy atom. The minimum atomic E-state index is 0.397. The molecular formula is C19H23N3O2. The molecule has 1 aliphatic heterocycles. The summed E-state index contributed by atoms with van der Waals surface area (Å²) in [6, 6.07) is 6.09. The van der Waals surface area contributed by atoms with Gasteiger partial charge in [0.05, 0.1) is 13.7 Å². The highest BCUT2D eigenvalue weighted by molar-refractivity contribution is 5.49. The smallest absolute Gasteiger partial charge is 0.164 e. The van der Waals surface area contributed by atoms with E-state index < -0.39 is 0 Å². The van der Waals surface area contributed by atoms with Crippen LogP contribution in [0.25, 0.3) is 0 Å². The van der Waals surface area contributed by atoms with Gasteiger partial charge in [0.25, 0.3) is 0 Å². The molecule has 1 aliphatic carbocycles. The zero-order valence-corrected chi connectivity index (χ0v) is 14.3. The van der Waals surface area contributed by atoms with Crippen molar-refractivity contribution < 1.29 is 9.47 Å². The maximum Gasteiger partial charge on any atom is 0.164 e. The summed E-state index contributed by atoms with van der Waals surface area (Å²) in [5.74, 6) is 4.04. The highest BCUT2D eigenvalue weighted by Crippen LogP contribution is 2.36. The lowest BCUT2D eigenvalue weighted by Gasteiger charge is -2.26. The third kappa shape index (κ3) is 2.68. The van der Waals surface area contributed by atoms with Gasteiger partial charge in [-0.2, -0.15) is 0 Å². The number of fused-ring (bicyclic) bond motifs is 2. The van der Waals surface area contributed by atoms with Gasteiger partial charge < -0.3 is 14.8 Å². The maximum absolute atomic E-state index is 5.98. The van der Waals surface area contributed by atoms with E-state index in [1.54, 1.807) is 7.11 Å². The monoisotopic (exact) mass is 325 g/mol. The van der Waals surface area contributed by atoms with Gasteiger partial charge in [-0.1, -0.05) is 12.1 Å². The van der Waals surface area contributed by atoms with Crippen molar-refractivity contribution in [2.24, 2.45) is 5.92 Å². The Balaban J connectivity index is 1.55. The standard InChI is InChI=1S/C19H23N3O2/c1-20-19-14-6-4-7-15(14)21-17(22-19)10-12-9-13-5-3-8-16(23-2)18(13)24-11-12/h3,5,8,12H,4,6-7,9-11H2,1-2H3,(H,20,21,22). The molecule has 2 aliphatic rings. The second-order valence-electron chi connectivity index (χ2n) is 6.55. The van der Waals surface area contributed by atoms with Crippen LogP contribution in [0.5, 0.6) is 11.5 Å². The van der Waals surface area contributed by atoms with E-state index >= 15 is 0 Å². The number of hydrogen-bond donors (Lipinski definition) is 1. The number of hydrogen-bond acceptors (Lipinski definition) is 5. The Morgan fingerprint density at radius 1 is 1.29 bits per heavy atom. The quantitative estimate of drug-likeness (QED) is 0.937. The Morgan fingerprint density at radius 3 is 3.04 bits per heavy atom. The minimum absolute atomic E-state index is 0.397. The topological polar surface area (TPSA) is 56.3 Å². The Hall–Kier alpha value is -2.30. The molecule has 0 fully saturated rings. The van der Waals surface area contributed by atoms with Gasteiger partial charge in [-0.3, -0.25) is 0 Å². The molecule has 0 radical (unpaired) electrons. The Kier molecular flexibility index (Phi) is 4.00. The number of benzene rings is 1. The van der Waals surface area contributed by atoms with E-state index in [9.17, 15) is 0 Å². The average molecular weight is 325 g/mol. The number of anilines is 1. The number of nitrogens with zero attached hydrogens (tertiary/aromatic N) is 2. The maximum atomic E-state index is 5.98. The minimum Gasteiger partial charge on any atom is -0.493 e. The molecule has 5 heteroatoms. The van der Waals surface area contributed by atoms with Gasteiger partial charge in [-0.05, 0) is 37.3 Å². The fourth-order valence-electron chi connectivity index (χ4n) is 3.79. The molecule has 0 saturated carbocycles. The predicted octanol–water partition coefficient (Wildman–Crippen LogP) is 2.81. The number of aryl methyl sites for hydroxylation is 1. The molecule has 126 valence electrons. The van der Waals surface area contributed by atoms with E-state index in [4.69, 9.17) is 19.4 Å². The SMILES string of the molecule is CNc1nc(CC2COc3c(cccc3OC)C2)nc2c1CCC2. The van der Waals surface area contributed by atoms with Crippen LogP contribution in [0.15, 0.2) is 18.2 Å². The molecule has 0 saturated heterocycles. The van der Waals surface area contributed by atoms with Crippen molar-refractivity contribution >= 4 is 5.82 Å². The summed E-state index contributed by atoms with van der Waals surface area (Å²) < 4.78 is 11.4. The first-order chi connectivity index (χ1) is 11.8. The largest absolute Gasteiger partial charge is 0.493 e. The van der Waals surface area contributed by atoms with Crippen LogP contribution in [0.2, 0.25) is 0 Å². The summed E-state index contributed by atoms with van der Waals surface area (Å²) in [5.41, 5.74) is 3.74. The first-order valence-electron chi connectivity index (χ1n) is 8.63. The van der Waals surface area contributed by atoms with Gasteiger partial charge in [0, 0.05) is 30.6 Å². The fourth-order valence-corrected chi connectivity index (χ4v) is 3.79. The molecule has 1 N–H and O–H groups in total. The second-order valence-corrected chi connectivity index (χ2v) is 6.55. The van der Waals surface area contributed by atoms with Crippen molar-refractivity contribution in [1.29, 1.82) is 0 Å². The lowest BCUT2D eigenvalue weighted by molar-refractivity contribution is 0.209. The van der Waals surface area contributed by atoms with Crippen molar-refractivity contribution in [3.8, 4) is 11.5 Å². The highest BCUT2D eigenvalue weighted by atomic mass is 16.5. The number of methoxy groups -OCH3 is 1. The van der Waals surface area contributed by atoms with Gasteiger partial charge in [0.15, 0.2) is 11.5 Å². The van der Waals surface area contributed by atoms with Crippen molar-refractivity contribution in [3.63, 3.8) is 0 Å². The summed E-state index contributed by atoms with van der Waals surface area (Å²) >= 11 is 0. The van der Waals surface area contributed by atoms with Crippen LogP contribution < -0.4 is 14.8 Å². The normalized spacial score (nSPS) is 18.5. The zero-order chi connectivity index (χ0) is 16.5. The molecule has 0 bridgehead atoms. The van der Waals surface area contributed by atoms with Crippen LogP contribution in [-0.2, 0) is 25.7 Å². The van der Waals surface area contributed by atoms with Crippen LogP contribution >= 0.6 is 0 Å². The van der Waals surface area contributed by atoms with Crippen LogP contribution in [0, 0.1) is 5.92 Å². The first-order valence-corrected chi connectivity index (χ1v) is 8.63. The third-order valence-corrected chi connectivity index (χ3v) is 4.94. The van der Waals surface area contributed by atoms with Crippen molar-refractivity contribution in [1.82, 2.24) is 9.97 Å². The number of nitrogens with one attached hydrogen (secondary N) is 1. The summed E-state index contributed by atoms with van der Waals surface area (Å²) in [5, 5.41) is 3.24. The van der Waals surface area contributed by atoms with E-state index in [2.05, 4.69) is 11.4 Å². The molecule has 2 heterocycles. The molecule has 2 aromatic rings. The van der Waals surface area contributed by atoms with E-state index in [0.717, 1.165) is 48.8 Å².